The lowest BCUT2D eigenvalue weighted by molar-refractivity contribution is -0.159. The van der Waals surface area contributed by atoms with Crippen LogP contribution in [0.15, 0.2) is 0 Å². The highest BCUT2D eigenvalue weighted by molar-refractivity contribution is 5.74. The Labute approximate surface area is 90.5 Å². The number of hydrogen-bond donors (Lipinski definition) is 1. The van der Waals surface area contributed by atoms with Crippen molar-refractivity contribution in [2.75, 3.05) is 39.9 Å². The predicted molar refractivity (Wildman–Crippen MR) is 56.5 cm³/mol. The maximum atomic E-state index is 11.2. The standard InChI is InChI=1S/C10H20N2O3/c1-14-10(13)9-8-12(6-7-15-9)5-3-2-4-11/h9H,2-8,11H2,1H3. The van der Waals surface area contributed by atoms with Gasteiger partial charge in [-0.25, -0.2) is 4.79 Å². The molecule has 0 radical (unpaired) electrons. The minimum atomic E-state index is -0.415. The van der Waals surface area contributed by atoms with E-state index >= 15 is 0 Å². The smallest absolute Gasteiger partial charge is 0.336 e. The summed E-state index contributed by atoms with van der Waals surface area (Å²) in [6.45, 7) is 3.83. The average molecular weight is 216 g/mol. The summed E-state index contributed by atoms with van der Waals surface area (Å²) in [6.07, 6.45) is 1.69. The quantitative estimate of drug-likeness (QED) is 0.500. The lowest BCUT2D eigenvalue weighted by Crippen LogP contribution is -2.46. The lowest BCUT2D eigenvalue weighted by atomic mass is 10.2. The Morgan fingerprint density at radius 1 is 1.60 bits per heavy atom. The first kappa shape index (κ1) is 12.4. The molecule has 0 amide bonds. The summed E-state index contributed by atoms with van der Waals surface area (Å²) in [6, 6.07) is 0. The number of nitrogens with zero attached hydrogens (tertiary/aromatic N) is 1. The molecule has 1 heterocycles. The number of rotatable bonds is 5. The van der Waals surface area contributed by atoms with Crippen LogP contribution in [0, 0.1) is 0 Å². The number of nitrogens with two attached hydrogens (primary N) is 1. The molecule has 0 bridgehead atoms. The fraction of sp³-hybridized carbons (Fsp3) is 0.900. The summed E-state index contributed by atoms with van der Waals surface area (Å²) >= 11 is 0. The Hall–Kier alpha value is -0.650. The van der Waals surface area contributed by atoms with Gasteiger partial charge in [0.25, 0.3) is 0 Å². The highest BCUT2D eigenvalue weighted by Crippen LogP contribution is 2.07. The average Bonchev–Trinajstić information content (AvgIpc) is 2.29. The molecule has 0 aliphatic carbocycles. The number of hydrogen-bond acceptors (Lipinski definition) is 5. The molecule has 5 heteroatoms. The normalized spacial score (nSPS) is 22.7. The molecule has 0 aromatic carbocycles. The summed E-state index contributed by atoms with van der Waals surface area (Å²) in [7, 11) is 1.39. The molecular weight excluding hydrogens is 196 g/mol. The first-order valence-electron chi connectivity index (χ1n) is 5.39. The fourth-order valence-electron chi connectivity index (χ4n) is 1.66. The van der Waals surface area contributed by atoms with Gasteiger partial charge in [-0.05, 0) is 25.9 Å². The lowest BCUT2D eigenvalue weighted by Gasteiger charge is -2.31. The highest BCUT2D eigenvalue weighted by atomic mass is 16.6. The summed E-state index contributed by atoms with van der Waals surface area (Å²) in [5.41, 5.74) is 5.42. The van der Waals surface area contributed by atoms with Crippen molar-refractivity contribution in [2.45, 2.75) is 18.9 Å². The van der Waals surface area contributed by atoms with E-state index in [9.17, 15) is 4.79 Å². The molecule has 0 aromatic heterocycles. The monoisotopic (exact) mass is 216 g/mol. The van der Waals surface area contributed by atoms with Gasteiger partial charge in [-0.2, -0.15) is 0 Å². The molecule has 1 aliphatic rings. The zero-order valence-electron chi connectivity index (χ0n) is 9.28. The van der Waals surface area contributed by atoms with E-state index in [0.29, 0.717) is 13.2 Å². The van der Waals surface area contributed by atoms with Crippen LogP contribution >= 0.6 is 0 Å². The number of ether oxygens (including phenoxy) is 2. The van der Waals surface area contributed by atoms with Gasteiger partial charge in [-0.3, -0.25) is 4.90 Å². The second-order valence-corrected chi connectivity index (χ2v) is 3.68. The van der Waals surface area contributed by atoms with E-state index in [0.717, 1.165) is 32.5 Å². The molecule has 15 heavy (non-hydrogen) atoms. The summed E-state index contributed by atoms with van der Waals surface area (Å²) in [5, 5.41) is 0. The molecule has 0 aromatic rings. The maximum Gasteiger partial charge on any atom is 0.336 e. The molecule has 1 saturated heterocycles. The molecule has 0 spiro atoms. The number of esters is 1. The molecule has 1 unspecified atom stereocenters. The van der Waals surface area contributed by atoms with Gasteiger partial charge in [-0.1, -0.05) is 0 Å². The molecule has 1 fully saturated rings. The molecule has 0 saturated carbocycles. The molecule has 2 N–H and O–H groups in total. The summed E-state index contributed by atoms with van der Waals surface area (Å²) < 4.78 is 9.98. The Bertz CT molecular complexity index is 199. The van der Waals surface area contributed by atoms with Gasteiger partial charge in [-0.15, -0.1) is 0 Å². The van der Waals surface area contributed by atoms with E-state index in [4.69, 9.17) is 10.5 Å². The van der Waals surface area contributed by atoms with Crippen LogP contribution in [0.25, 0.3) is 0 Å². The number of carbonyl (C=O) groups is 1. The molecule has 1 rings (SSSR count). The van der Waals surface area contributed by atoms with E-state index in [1.54, 1.807) is 0 Å². The van der Waals surface area contributed by atoms with Gasteiger partial charge < -0.3 is 15.2 Å². The van der Waals surface area contributed by atoms with Crippen molar-refractivity contribution in [1.82, 2.24) is 4.90 Å². The van der Waals surface area contributed by atoms with E-state index < -0.39 is 6.10 Å². The van der Waals surface area contributed by atoms with Crippen LogP contribution < -0.4 is 5.73 Å². The number of methoxy groups -OCH3 is 1. The van der Waals surface area contributed by atoms with Gasteiger partial charge >= 0.3 is 5.97 Å². The Morgan fingerprint density at radius 2 is 2.40 bits per heavy atom. The first-order chi connectivity index (χ1) is 7.27. The fourth-order valence-corrected chi connectivity index (χ4v) is 1.66. The van der Waals surface area contributed by atoms with E-state index in [1.807, 2.05) is 0 Å². The highest BCUT2D eigenvalue weighted by Gasteiger charge is 2.26. The molecule has 1 atom stereocenters. The number of morpholine rings is 1. The van der Waals surface area contributed by atoms with Crippen LogP contribution in [0.1, 0.15) is 12.8 Å². The van der Waals surface area contributed by atoms with Gasteiger partial charge in [0.05, 0.1) is 13.7 Å². The summed E-state index contributed by atoms with van der Waals surface area (Å²) in [5.74, 6) is -0.279. The van der Waals surface area contributed by atoms with E-state index in [2.05, 4.69) is 9.64 Å². The van der Waals surface area contributed by atoms with Crippen LogP contribution in [-0.2, 0) is 14.3 Å². The molecule has 5 nitrogen and oxygen atoms in total. The maximum absolute atomic E-state index is 11.2. The Morgan fingerprint density at radius 3 is 3.07 bits per heavy atom. The third kappa shape index (κ3) is 4.15. The zero-order valence-corrected chi connectivity index (χ0v) is 9.28. The Kier molecular flexibility index (Phi) is 5.60. The van der Waals surface area contributed by atoms with Crippen LogP contribution in [0.3, 0.4) is 0 Å². The van der Waals surface area contributed by atoms with Crippen molar-refractivity contribution in [3.8, 4) is 0 Å². The number of unbranched alkanes of at least 4 members (excludes halogenated alkanes) is 1. The zero-order chi connectivity index (χ0) is 11.1. The van der Waals surface area contributed by atoms with Gasteiger partial charge in [0.1, 0.15) is 0 Å². The van der Waals surface area contributed by atoms with Crippen molar-refractivity contribution in [3.63, 3.8) is 0 Å². The van der Waals surface area contributed by atoms with Crippen LogP contribution in [0.4, 0.5) is 0 Å². The second kappa shape index (κ2) is 6.76. The van der Waals surface area contributed by atoms with Crippen LogP contribution in [0.2, 0.25) is 0 Å². The van der Waals surface area contributed by atoms with Gasteiger partial charge in [0.2, 0.25) is 0 Å². The van der Waals surface area contributed by atoms with Crippen molar-refractivity contribution in [3.05, 3.63) is 0 Å². The van der Waals surface area contributed by atoms with E-state index in [1.165, 1.54) is 7.11 Å². The minimum Gasteiger partial charge on any atom is -0.467 e. The van der Waals surface area contributed by atoms with Crippen molar-refractivity contribution in [1.29, 1.82) is 0 Å². The van der Waals surface area contributed by atoms with Crippen molar-refractivity contribution >= 4 is 5.97 Å². The third-order valence-corrected chi connectivity index (χ3v) is 2.54. The number of carbonyl (C=O) groups excluding carboxylic acids is 1. The minimum absolute atomic E-state index is 0.279. The molecular formula is C10H20N2O3. The van der Waals surface area contributed by atoms with Crippen LogP contribution in [-0.4, -0.2) is 56.9 Å². The predicted octanol–water partition coefficient (Wildman–Crippen LogP) is -0.401. The molecule has 88 valence electrons. The van der Waals surface area contributed by atoms with Crippen molar-refractivity contribution in [2.24, 2.45) is 5.73 Å². The van der Waals surface area contributed by atoms with E-state index in [-0.39, 0.29) is 5.97 Å². The topological polar surface area (TPSA) is 64.8 Å². The second-order valence-electron chi connectivity index (χ2n) is 3.68. The summed E-state index contributed by atoms with van der Waals surface area (Å²) in [4.78, 5) is 13.5. The van der Waals surface area contributed by atoms with Gasteiger partial charge in [0.15, 0.2) is 6.10 Å². The third-order valence-electron chi connectivity index (χ3n) is 2.54. The molecule has 1 aliphatic heterocycles. The SMILES string of the molecule is COC(=O)C1CN(CCCCN)CCO1. The van der Waals surface area contributed by atoms with Crippen molar-refractivity contribution < 1.29 is 14.3 Å². The first-order valence-corrected chi connectivity index (χ1v) is 5.39. The van der Waals surface area contributed by atoms with Crippen LogP contribution in [0.5, 0.6) is 0 Å². The largest absolute Gasteiger partial charge is 0.467 e. The van der Waals surface area contributed by atoms with Gasteiger partial charge in [0, 0.05) is 13.1 Å². The Balaban J connectivity index is 2.26.